The minimum Gasteiger partial charge on any atom is -0.399 e. The average Bonchev–Trinajstić information content (AvgIpc) is 2.20. The third-order valence-electron chi connectivity index (χ3n) is 1.81. The van der Waals surface area contributed by atoms with Gasteiger partial charge in [0.2, 0.25) is 5.91 Å². The van der Waals surface area contributed by atoms with Crippen LogP contribution in [0.4, 0.5) is 11.4 Å². The Morgan fingerprint density at radius 2 is 2.25 bits per heavy atom. The second-order valence-corrected chi connectivity index (χ2v) is 4.05. The summed E-state index contributed by atoms with van der Waals surface area (Å²) in [4.78, 5) is 11.4. The number of carbonyl (C=O) groups is 1. The van der Waals surface area contributed by atoms with Crippen molar-refractivity contribution in [3.8, 4) is 0 Å². The molecule has 0 radical (unpaired) electrons. The summed E-state index contributed by atoms with van der Waals surface area (Å²) in [7, 11) is 0. The van der Waals surface area contributed by atoms with E-state index in [-0.39, 0.29) is 18.6 Å². The number of ether oxygens (including phenoxy) is 1. The van der Waals surface area contributed by atoms with E-state index in [1.54, 1.807) is 18.2 Å². The van der Waals surface area contributed by atoms with Crippen LogP contribution in [0.25, 0.3) is 0 Å². The van der Waals surface area contributed by atoms with E-state index in [9.17, 15) is 4.79 Å². The molecule has 3 N–H and O–H groups in total. The number of anilines is 2. The summed E-state index contributed by atoms with van der Waals surface area (Å²) < 4.78 is 5.16. The van der Waals surface area contributed by atoms with Crippen molar-refractivity contribution in [2.75, 3.05) is 17.7 Å². The Balaban J connectivity index is 2.59. The van der Waals surface area contributed by atoms with E-state index in [1.165, 1.54) is 0 Å². The first kappa shape index (κ1) is 12.8. The summed E-state index contributed by atoms with van der Waals surface area (Å²) in [6.45, 7) is 3.73. The topological polar surface area (TPSA) is 64.3 Å². The van der Waals surface area contributed by atoms with Gasteiger partial charge in [-0.2, -0.15) is 0 Å². The van der Waals surface area contributed by atoms with Crippen molar-refractivity contribution >= 4 is 28.9 Å². The molecule has 4 nitrogen and oxygen atoms in total. The third-order valence-corrected chi connectivity index (χ3v) is 2.14. The van der Waals surface area contributed by atoms with E-state index < -0.39 is 0 Å². The van der Waals surface area contributed by atoms with Crippen molar-refractivity contribution in [3.63, 3.8) is 0 Å². The molecule has 0 saturated carbocycles. The Morgan fingerprint density at radius 3 is 2.88 bits per heavy atom. The lowest BCUT2D eigenvalue weighted by atomic mass is 10.3. The van der Waals surface area contributed by atoms with E-state index in [4.69, 9.17) is 22.1 Å². The second kappa shape index (κ2) is 5.72. The second-order valence-electron chi connectivity index (χ2n) is 3.65. The van der Waals surface area contributed by atoms with Crippen LogP contribution < -0.4 is 11.1 Å². The number of amides is 1. The molecule has 0 heterocycles. The highest BCUT2D eigenvalue weighted by atomic mass is 35.5. The van der Waals surface area contributed by atoms with Gasteiger partial charge in [-0.15, -0.1) is 0 Å². The van der Waals surface area contributed by atoms with Crippen molar-refractivity contribution in [1.29, 1.82) is 0 Å². The van der Waals surface area contributed by atoms with E-state index in [0.29, 0.717) is 16.4 Å². The van der Waals surface area contributed by atoms with E-state index >= 15 is 0 Å². The van der Waals surface area contributed by atoms with Gasteiger partial charge in [0.1, 0.15) is 6.61 Å². The highest BCUT2D eigenvalue weighted by Crippen LogP contribution is 2.23. The first-order valence-electron chi connectivity index (χ1n) is 4.95. The minimum absolute atomic E-state index is 0.00277. The molecule has 1 aromatic rings. The summed E-state index contributed by atoms with van der Waals surface area (Å²) in [5.74, 6) is -0.249. The number of carbonyl (C=O) groups excluding carboxylic acids is 1. The van der Waals surface area contributed by atoms with Crippen molar-refractivity contribution in [3.05, 3.63) is 23.2 Å². The molecule has 0 atom stereocenters. The Hall–Kier alpha value is -1.26. The highest BCUT2D eigenvalue weighted by Gasteiger charge is 2.07. The fourth-order valence-electron chi connectivity index (χ4n) is 1.07. The lowest BCUT2D eigenvalue weighted by Gasteiger charge is -2.10. The maximum atomic E-state index is 11.4. The Kier molecular flexibility index (Phi) is 4.58. The van der Waals surface area contributed by atoms with Crippen LogP contribution in [0.3, 0.4) is 0 Å². The van der Waals surface area contributed by atoms with E-state index in [2.05, 4.69) is 5.32 Å². The predicted octanol–water partition coefficient (Wildman–Crippen LogP) is 2.29. The van der Waals surface area contributed by atoms with Crippen molar-refractivity contribution in [2.24, 2.45) is 0 Å². The molecule has 0 saturated heterocycles. The van der Waals surface area contributed by atoms with E-state index in [1.807, 2.05) is 13.8 Å². The maximum absolute atomic E-state index is 11.4. The lowest BCUT2D eigenvalue weighted by Crippen LogP contribution is -2.20. The Morgan fingerprint density at radius 1 is 1.56 bits per heavy atom. The van der Waals surface area contributed by atoms with Crippen LogP contribution in [0.5, 0.6) is 0 Å². The molecule has 16 heavy (non-hydrogen) atoms. The molecule has 1 rings (SSSR count). The maximum Gasteiger partial charge on any atom is 0.250 e. The third kappa shape index (κ3) is 4.08. The van der Waals surface area contributed by atoms with Gasteiger partial charge in [-0.25, -0.2) is 0 Å². The first-order valence-corrected chi connectivity index (χ1v) is 5.33. The average molecular weight is 243 g/mol. The number of rotatable bonds is 4. The van der Waals surface area contributed by atoms with Gasteiger partial charge >= 0.3 is 0 Å². The van der Waals surface area contributed by atoms with Crippen LogP contribution in [-0.4, -0.2) is 18.6 Å². The molecule has 5 heteroatoms. The zero-order chi connectivity index (χ0) is 12.1. The number of nitrogens with one attached hydrogen (secondary N) is 1. The van der Waals surface area contributed by atoms with Gasteiger partial charge < -0.3 is 15.8 Å². The summed E-state index contributed by atoms with van der Waals surface area (Å²) in [6.07, 6.45) is 0.0158. The monoisotopic (exact) mass is 242 g/mol. The normalized spacial score (nSPS) is 10.5. The van der Waals surface area contributed by atoms with Crippen LogP contribution in [0, 0.1) is 0 Å². The van der Waals surface area contributed by atoms with Crippen LogP contribution in [0.1, 0.15) is 13.8 Å². The molecule has 1 amide bonds. The van der Waals surface area contributed by atoms with Crippen molar-refractivity contribution < 1.29 is 9.53 Å². The standard InChI is InChI=1S/C11H15ClN2O2/c1-7(2)16-6-11(15)14-10-5-8(13)3-4-9(10)12/h3-5,7H,6,13H2,1-2H3,(H,14,15). The minimum atomic E-state index is -0.249. The fraction of sp³-hybridized carbons (Fsp3) is 0.364. The number of halogens is 1. The van der Waals surface area contributed by atoms with Crippen molar-refractivity contribution in [2.45, 2.75) is 20.0 Å². The van der Waals surface area contributed by atoms with Gasteiger partial charge in [0.15, 0.2) is 0 Å². The summed E-state index contributed by atoms with van der Waals surface area (Å²) >= 11 is 5.89. The van der Waals surface area contributed by atoms with Crippen LogP contribution >= 0.6 is 11.6 Å². The molecular formula is C11H15ClN2O2. The summed E-state index contributed by atoms with van der Waals surface area (Å²) in [5, 5.41) is 3.08. The fourth-order valence-corrected chi connectivity index (χ4v) is 1.23. The van der Waals surface area contributed by atoms with Gasteiger partial charge in [-0.05, 0) is 32.0 Å². The SMILES string of the molecule is CC(C)OCC(=O)Nc1cc(N)ccc1Cl. The quantitative estimate of drug-likeness (QED) is 0.797. The number of nitrogens with two attached hydrogens (primary N) is 1. The number of nitrogen functional groups attached to an aromatic ring is 1. The number of hydrogen-bond acceptors (Lipinski definition) is 3. The van der Waals surface area contributed by atoms with Gasteiger partial charge in [0.05, 0.1) is 16.8 Å². The molecule has 88 valence electrons. The zero-order valence-electron chi connectivity index (χ0n) is 9.29. The van der Waals surface area contributed by atoms with Gasteiger partial charge in [-0.3, -0.25) is 4.79 Å². The smallest absolute Gasteiger partial charge is 0.250 e. The van der Waals surface area contributed by atoms with Gasteiger partial charge in [-0.1, -0.05) is 11.6 Å². The van der Waals surface area contributed by atoms with Crippen molar-refractivity contribution in [1.82, 2.24) is 0 Å². The predicted molar refractivity (Wildman–Crippen MR) is 65.6 cm³/mol. The highest BCUT2D eigenvalue weighted by molar-refractivity contribution is 6.33. The van der Waals surface area contributed by atoms with Gasteiger partial charge in [0, 0.05) is 5.69 Å². The molecule has 0 spiro atoms. The zero-order valence-corrected chi connectivity index (χ0v) is 10.0. The molecular weight excluding hydrogens is 228 g/mol. The molecule has 0 aliphatic carbocycles. The van der Waals surface area contributed by atoms with Gasteiger partial charge in [0.25, 0.3) is 0 Å². The first-order chi connectivity index (χ1) is 7.49. The molecule has 0 aromatic heterocycles. The molecule has 1 aromatic carbocycles. The Bertz CT molecular complexity index is 380. The molecule has 0 aliphatic rings. The molecule has 0 bridgehead atoms. The van der Waals surface area contributed by atoms with Crippen LogP contribution in [0.2, 0.25) is 5.02 Å². The van der Waals surface area contributed by atoms with Crippen LogP contribution in [0.15, 0.2) is 18.2 Å². The number of hydrogen-bond donors (Lipinski definition) is 2. The lowest BCUT2D eigenvalue weighted by molar-refractivity contribution is -0.121. The van der Waals surface area contributed by atoms with E-state index in [0.717, 1.165) is 0 Å². The molecule has 0 unspecified atom stereocenters. The Labute approximate surface area is 99.7 Å². The summed E-state index contributed by atoms with van der Waals surface area (Å²) in [5.41, 5.74) is 6.63. The molecule has 0 aliphatic heterocycles. The molecule has 0 fully saturated rings. The number of benzene rings is 1. The summed E-state index contributed by atoms with van der Waals surface area (Å²) in [6, 6.07) is 4.91. The van der Waals surface area contributed by atoms with Crippen LogP contribution in [-0.2, 0) is 9.53 Å². The largest absolute Gasteiger partial charge is 0.399 e.